The molecule has 1 atom stereocenters. The largest absolute Gasteiger partial charge is 0.497 e. The number of oxime groups is 1. The third-order valence-corrected chi connectivity index (χ3v) is 4.98. The Morgan fingerprint density at radius 1 is 1.29 bits per heavy atom. The second-order valence-corrected chi connectivity index (χ2v) is 7.58. The summed E-state index contributed by atoms with van der Waals surface area (Å²) in [4.78, 5) is 20.2. The lowest BCUT2D eigenvalue weighted by atomic mass is 10.0. The van der Waals surface area contributed by atoms with Gasteiger partial charge in [0, 0.05) is 29.5 Å². The fourth-order valence-electron chi connectivity index (χ4n) is 3.22. The number of hydrogen-bond donors (Lipinski definition) is 0. The Balaban J connectivity index is 1.70. The molecule has 3 rings (SSSR count). The van der Waals surface area contributed by atoms with Crippen molar-refractivity contribution in [1.29, 1.82) is 0 Å². The van der Waals surface area contributed by atoms with Crippen molar-refractivity contribution in [2.75, 3.05) is 13.7 Å². The van der Waals surface area contributed by atoms with Crippen molar-refractivity contribution in [3.05, 3.63) is 64.7 Å². The van der Waals surface area contributed by atoms with Gasteiger partial charge in [0.25, 0.3) is 0 Å². The van der Waals surface area contributed by atoms with Crippen LogP contribution in [0.5, 0.6) is 5.75 Å². The maximum absolute atomic E-state index is 12.8. The number of carbonyl (C=O) groups is 1. The smallest absolute Gasteiger partial charge is 0.225 e. The third-order valence-electron chi connectivity index (χ3n) is 4.65. The predicted octanol–water partition coefficient (Wildman–Crippen LogP) is 4.53. The van der Waals surface area contributed by atoms with Gasteiger partial charge in [0.1, 0.15) is 5.75 Å². The van der Waals surface area contributed by atoms with E-state index in [9.17, 15) is 4.79 Å². The summed E-state index contributed by atoms with van der Waals surface area (Å²) in [5.41, 5.74) is 2.70. The first kappa shape index (κ1) is 20.2. The van der Waals surface area contributed by atoms with E-state index in [0.717, 1.165) is 22.6 Å². The fraction of sp³-hybridized carbons (Fsp3) is 0.364. The van der Waals surface area contributed by atoms with E-state index in [1.54, 1.807) is 7.11 Å². The van der Waals surface area contributed by atoms with E-state index in [1.165, 1.54) is 0 Å². The van der Waals surface area contributed by atoms with Gasteiger partial charge in [-0.3, -0.25) is 4.79 Å². The van der Waals surface area contributed by atoms with E-state index in [4.69, 9.17) is 21.2 Å². The maximum atomic E-state index is 12.8. The van der Waals surface area contributed by atoms with Crippen LogP contribution in [0, 0.1) is 5.92 Å². The molecule has 0 aromatic heterocycles. The van der Waals surface area contributed by atoms with Crippen molar-refractivity contribution in [3.8, 4) is 5.75 Å². The summed E-state index contributed by atoms with van der Waals surface area (Å²) < 4.78 is 5.29. The van der Waals surface area contributed by atoms with Crippen molar-refractivity contribution < 1.29 is 14.4 Å². The van der Waals surface area contributed by atoms with E-state index in [0.29, 0.717) is 24.5 Å². The molecule has 0 aliphatic carbocycles. The molecule has 148 valence electrons. The summed E-state index contributed by atoms with van der Waals surface area (Å²) in [5.74, 6) is 0.754. The number of rotatable bonds is 7. The number of hydrogen-bond acceptors (Lipinski definition) is 4. The van der Waals surface area contributed by atoms with Gasteiger partial charge in [0.15, 0.2) is 6.10 Å². The molecule has 2 aromatic carbocycles. The molecule has 0 saturated heterocycles. The highest BCUT2D eigenvalue weighted by Gasteiger charge is 2.28. The van der Waals surface area contributed by atoms with E-state index in [2.05, 4.69) is 5.16 Å². The van der Waals surface area contributed by atoms with E-state index in [1.807, 2.05) is 67.3 Å². The molecule has 1 aliphatic rings. The average molecular weight is 401 g/mol. The minimum Gasteiger partial charge on any atom is -0.497 e. The SMILES string of the molecule is COc1cccc(CN(C[C@@H]2CC(c3ccccc3Cl)=NO2)C(=O)C(C)C)c1. The van der Waals surface area contributed by atoms with Crippen LogP contribution in [0.3, 0.4) is 0 Å². The number of nitrogens with zero attached hydrogens (tertiary/aromatic N) is 2. The maximum Gasteiger partial charge on any atom is 0.225 e. The van der Waals surface area contributed by atoms with Crippen molar-refractivity contribution in [2.45, 2.75) is 32.9 Å². The molecule has 1 aliphatic heterocycles. The van der Waals surface area contributed by atoms with Crippen molar-refractivity contribution in [2.24, 2.45) is 11.1 Å². The molecule has 2 aromatic rings. The second kappa shape index (κ2) is 9.11. The van der Waals surface area contributed by atoms with E-state index < -0.39 is 0 Å². The van der Waals surface area contributed by atoms with Crippen LogP contribution in [-0.4, -0.2) is 36.3 Å². The minimum absolute atomic E-state index is 0.0811. The van der Waals surface area contributed by atoms with Crippen LogP contribution in [0.4, 0.5) is 0 Å². The van der Waals surface area contributed by atoms with Crippen molar-refractivity contribution in [3.63, 3.8) is 0 Å². The molecule has 28 heavy (non-hydrogen) atoms. The first-order chi connectivity index (χ1) is 13.5. The molecule has 0 radical (unpaired) electrons. The van der Waals surface area contributed by atoms with Crippen LogP contribution in [-0.2, 0) is 16.2 Å². The number of benzene rings is 2. The molecule has 0 spiro atoms. The molecule has 0 bridgehead atoms. The quantitative estimate of drug-likeness (QED) is 0.686. The number of methoxy groups -OCH3 is 1. The van der Waals surface area contributed by atoms with Gasteiger partial charge in [-0.05, 0) is 23.8 Å². The van der Waals surface area contributed by atoms with Crippen LogP contribution in [0.1, 0.15) is 31.4 Å². The highest BCUT2D eigenvalue weighted by atomic mass is 35.5. The van der Waals surface area contributed by atoms with Gasteiger partial charge in [0.2, 0.25) is 5.91 Å². The lowest BCUT2D eigenvalue weighted by Crippen LogP contribution is -2.39. The Morgan fingerprint density at radius 3 is 2.79 bits per heavy atom. The average Bonchev–Trinajstić information content (AvgIpc) is 3.15. The molecule has 6 heteroatoms. The number of amides is 1. The Labute approximate surface area is 170 Å². The minimum atomic E-state index is -0.195. The number of ether oxygens (including phenoxy) is 1. The lowest BCUT2D eigenvalue weighted by molar-refractivity contribution is -0.136. The summed E-state index contributed by atoms with van der Waals surface area (Å²) in [5, 5.41) is 4.86. The van der Waals surface area contributed by atoms with Gasteiger partial charge in [-0.1, -0.05) is 60.9 Å². The fourth-order valence-corrected chi connectivity index (χ4v) is 3.46. The van der Waals surface area contributed by atoms with Crippen molar-refractivity contribution in [1.82, 2.24) is 4.90 Å². The molecule has 0 unspecified atom stereocenters. The molecule has 0 saturated carbocycles. The summed E-state index contributed by atoms with van der Waals surface area (Å²) in [7, 11) is 1.64. The normalized spacial score (nSPS) is 15.9. The summed E-state index contributed by atoms with van der Waals surface area (Å²) >= 11 is 6.27. The zero-order valence-corrected chi connectivity index (χ0v) is 17.1. The molecule has 0 fully saturated rings. The van der Waals surface area contributed by atoms with Crippen LogP contribution < -0.4 is 4.74 Å². The predicted molar refractivity (Wildman–Crippen MR) is 111 cm³/mol. The summed E-state index contributed by atoms with van der Waals surface area (Å²) in [6.07, 6.45) is 0.420. The zero-order valence-electron chi connectivity index (χ0n) is 16.4. The molecular formula is C22H25ClN2O3. The van der Waals surface area contributed by atoms with E-state index in [-0.39, 0.29) is 17.9 Å². The summed E-state index contributed by atoms with van der Waals surface area (Å²) in [6, 6.07) is 15.3. The van der Waals surface area contributed by atoms with Crippen LogP contribution in [0.2, 0.25) is 5.02 Å². The Kier molecular flexibility index (Phi) is 6.57. The first-order valence-electron chi connectivity index (χ1n) is 9.37. The molecule has 5 nitrogen and oxygen atoms in total. The standard InChI is InChI=1S/C22H25ClN2O3/c1-15(2)22(26)25(13-16-7-6-8-17(11-16)27-3)14-18-12-21(24-28-18)19-9-4-5-10-20(19)23/h4-11,15,18H,12-14H2,1-3H3/t18-/m0/s1. The Hall–Kier alpha value is -2.53. The van der Waals surface area contributed by atoms with Gasteiger partial charge < -0.3 is 14.5 Å². The second-order valence-electron chi connectivity index (χ2n) is 7.17. The Bertz CT molecular complexity index is 866. The van der Waals surface area contributed by atoms with Gasteiger partial charge in [-0.2, -0.15) is 0 Å². The van der Waals surface area contributed by atoms with Gasteiger partial charge in [-0.25, -0.2) is 0 Å². The molecular weight excluding hydrogens is 376 g/mol. The summed E-state index contributed by atoms with van der Waals surface area (Å²) in [6.45, 7) is 4.77. The van der Waals surface area contributed by atoms with Crippen molar-refractivity contribution >= 4 is 23.2 Å². The molecule has 1 heterocycles. The monoisotopic (exact) mass is 400 g/mol. The highest BCUT2D eigenvalue weighted by Crippen LogP contribution is 2.24. The van der Waals surface area contributed by atoms with Gasteiger partial charge in [-0.15, -0.1) is 0 Å². The highest BCUT2D eigenvalue weighted by molar-refractivity contribution is 6.34. The number of carbonyl (C=O) groups excluding carboxylic acids is 1. The Morgan fingerprint density at radius 2 is 2.07 bits per heavy atom. The lowest BCUT2D eigenvalue weighted by Gasteiger charge is -2.26. The van der Waals surface area contributed by atoms with Crippen LogP contribution in [0.25, 0.3) is 0 Å². The molecule has 0 N–H and O–H groups in total. The zero-order chi connectivity index (χ0) is 20.1. The van der Waals surface area contributed by atoms with Gasteiger partial charge >= 0.3 is 0 Å². The van der Waals surface area contributed by atoms with E-state index >= 15 is 0 Å². The van der Waals surface area contributed by atoms with Crippen LogP contribution >= 0.6 is 11.6 Å². The first-order valence-corrected chi connectivity index (χ1v) is 9.75. The van der Waals surface area contributed by atoms with Crippen LogP contribution in [0.15, 0.2) is 53.7 Å². The van der Waals surface area contributed by atoms with Gasteiger partial charge in [0.05, 0.1) is 19.4 Å². The third kappa shape index (κ3) is 4.84. The molecule has 1 amide bonds. The topological polar surface area (TPSA) is 51.1 Å². The number of halogens is 1.